The lowest BCUT2D eigenvalue weighted by Gasteiger charge is -2.51. The molecule has 0 radical (unpaired) electrons. The normalized spacial score (nSPS) is 20.6. The Bertz CT molecular complexity index is 1050. The lowest BCUT2D eigenvalue weighted by molar-refractivity contribution is -0.115. The molecule has 2 aromatic carbocycles. The number of hydrogen-bond donors (Lipinski definition) is 0. The predicted octanol–water partition coefficient (Wildman–Crippen LogP) is 6.47. The van der Waals surface area contributed by atoms with Gasteiger partial charge in [0.25, 0.3) is 5.91 Å². The van der Waals surface area contributed by atoms with Crippen molar-refractivity contribution >= 4 is 29.3 Å². The zero-order valence-electron chi connectivity index (χ0n) is 16.9. The Hall–Kier alpha value is -2.78. The van der Waals surface area contributed by atoms with Crippen molar-refractivity contribution in [1.82, 2.24) is 0 Å². The van der Waals surface area contributed by atoms with Gasteiger partial charge in [0.15, 0.2) is 0 Å². The highest BCUT2D eigenvalue weighted by Crippen LogP contribution is 2.50. The van der Waals surface area contributed by atoms with Crippen LogP contribution in [-0.2, 0) is 10.2 Å². The first kappa shape index (κ1) is 19.5. The maximum absolute atomic E-state index is 13.2. The Labute approximate surface area is 176 Å². The smallest absolute Gasteiger partial charge is 0.251 e. The third-order valence-electron chi connectivity index (χ3n) is 5.77. The zero-order valence-corrected chi connectivity index (χ0v) is 17.6. The number of anilines is 1. The molecule has 0 aliphatic carbocycles. The molecule has 1 atom stereocenters. The first-order valence-electron chi connectivity index (χ1n) is 9.73. The van der Waals surface area contributed by atoms with E-state index in [0.717, 1.165) is 22.7 Å². The number of benzene rings is 2. The van der Waals surface area contributed by atoms with E-state index >= 15 is 0 Å². The summed E-state index contributed by atoms with van der Waals surface area (Å²) in [6, 6.07) is 19.8. The van der Waals surface area contributed by atoms with E-state index in [4.69, 9.17) is 16.0 Å². The van der Waals surface area contributed by atoms with E-state index in [9.17, 15) is 4.79 Å². The average Bonchev–Trinajstić information content (AvgIpc) is 3.20. The molecule has 1 aliphatic heterocycles. The highest BCUT2D eigenvalue weighted by Gasteiger charge is 2.47. The molecule has 2 heterocycles. The van der Waals surface area contributed by atoms with Gasteiger partial charge < -0.3 is 9.32 Å². The van der Waals surface area contributed by atoms with Crippen LogP contribution in [0.4, 0.5) is 5.69 Å². The minimum atomic E-state index is -0.382. The molecule has 1 aliphatic rings. The summed E-state index contributed by atoms with van der Waals surface area (Å²) in [7, 11) is 0. The van der Waals surface area contributed by atoms with Gasteiger partial charge in [0.1, 0.15) is 5.76 Å². The molecule has 0 bridgehead atoms. The van der Waals surface area contributed by atoms with E-state index in [2.05, 4.69) is 39.0 Å². The molecule has 0 saturated carbocycles. The van der Waals surface area contributed by atoms with Crippen LogP contribution in [0.15, 0.2) is 77.4 Å². The molecule has 4 rings (SSSR count). The van der Waals surface area contributed by atoms with Crippen molar-refractivity contribution in [2.24, 2.45) is 0 Å². The Morgan fingerprint density at radius 3 is 2.45 bits per heavy atom. The molecule has 0 fully saturated rings. The van der Waals surface area contributed by atoms with E-state index in [-0.39, 0.29) is 16.9 Å². The first-order chi connectivity index (χ1) is 13.8. The van der Waals surface area contributed by atoms with Gasteiger partial charge >= 0.3 is 0 Å². The molecule has 1 aromatic heterocycles. The van der Waals surface area contributed by atoms with Crippen molar-refractivity contribution in [1.29, 1.82) is 0 Å². The van der Waals surface area contributed by atoms with Gasteiger partial charge in [-0.2, -0.15) is 0 Å². The van der Waals surface area contributed by atoms with E-state index in [1.807, 2.05) is 47.4 Å². The topological polar surface area (TPSA) is 33.5 Å². The molecular weight excluding hydrogens is 382 g/mol. The van der Waals surface area contributed by atoms with Crippen LogP contribution in [-0.4, -0.2) is 11.4 Å². The lowest BCUT2D eigenvalue weighted by atomic mass is 9.65. The van der Waals surface area contributed by atoms with Crippen LogP contribution in [0.25, 0.3) is 6.08 Å². The molecular formula is C25H24ClNO2. The van der Waals surface area contributed by atoms with Crippen molar-refractivity contribution in [2.45, 2.75) is 38.1 Å². The Balaban J connectivity index is 1.80. The van der Waals surface area contributed by atoms with Gasteiger partial charge in [0, 0.05) is 27.7 Å². The van der Waals surface area contributed by atoms with Gasteiger partial charge in [-0.3, -0.25) is 4.79 Å². The molecule has 3 aromatic rings. The van der Waals surface area contributed by atoms with Crippen molar-refractivity contribution < 1.29 is 9.21 Å². The van der Waals surface area contributed by atoms with Crippen LogP contribution < -0.4 is 4.90 Å². The number of carbonyl (C=O) groups excluding carboxylic acids is 1. The largest absolute Gasteiger partial charge is 0.465 e. The minimum Gasteiger partial charge on any atom is -0.465 e. The molecule has 1 unspecified atom stereocenters. The minimum absolute atomic E-state index is 0.0583. The first-order valence-corrected chi connectivity index (χ1v) is 10.1. The van der Waals surface area contributed by atoms with Crippen LogP contribution in [0.2, 0.25) is 5.02 Å². The summed E-state index contributed by atoms with van der Waals surface area (Å²) < 4.78 is 5.32. The summed E-state index contributed by atoms with van der Waals surface area (Å²) in [6.07, 6.45) is 5.69. The molecule has 0 saturated heterocycles. The summed E-state index contributed by atoms with van der Waals surface area (Å²) in [5.41, 5.74) is 2.66. The zero-order chi connectivity index (χ0) is 20.6. The van der Waals surface area contributed by atoms with Crippen LogP contribution in [0.3, 0.4) is 0 Å². The number of para-hydroxylation sites is 1. The van der Waals surface area contributed by atoms with E-state index in [0.29, 0.717) is 5.76 Å². The third kappa shape index (κ3) is 3.51. The molecule has 4 heteroatoms. The van der Waals surface area contributed by atoms with Crippen LogP contribution in [0, 0.1) is 0 Å². The van der Waals surface area contributed by atoms with Crippen molar-refractivity contribution in [3.8, 4) is 0 Å². The lowest BCUT2D eigenvalue weighted by Crippen LogP contribution is -2.55. The monoisotopic (exact) mass is 405 g/mol. The fourth-order valence-electron chi connectivity index (χ4n) is 4.61. The molecule has 0 spiro atoms. The summed E-state index contributed by atoms with van der Waals surface area (Å²) in [5.74, 6) is 0.601. The number of nitrogens with zero attached hydrogens (tertiary/aromatic N) is 1. The second-order valence-corrected chi connectivity index (χ2v) is 8.80. The predicted molar refractivity (Wildman–Crippen MR) is 118 cm³/mol. The summed E-state index contributed by atoms with van der Waals surface area (Å²) >= 11 is 6.13. The molecule has 3 nitrogen and oxygen atoms in total. The van der Waals surface area contributed by atoms with E-state index < -0.39 is 0 Å². The summed E-state index contributed by atoms with van der Waals surface area (Å²) in [6.45, 7) is 6.49. The van der Waals surface area contributed by atoms with Gasteiger partial charge in [-0.05, 0) is 67.8 Å². The van der Waals surface area contributed by atoms with Crippen LogP contribution >= 0.6 is 11.6 Å². The molecule has 1 amide bonds. The van der Waals surface area contributed by atoms with Crippen LogP contribution in [0.1, 0.15) is 44.1 Å². The highest BCUT2D eigenvalue weighted by atomic mass is 35.5. The van der Waals surface area contributed by atoms with Crippen molar-refractivity contribution in [3.05, 3.63) is 94.9 Å². The molecule has 148 valence electrons. The number of rotatable bonds is 3. The summed E-state index contributed by atoms with van der Waals surface area (Å²) in [4.78, 5) is 15.1. The number of halogens is 1. The van der Waals surface area contributed by atoms with E-state index in [1.54, 1.807) is 18.4 Å². The van der Waals surface area contributed by atoms with Gasteiger partial charge in [-0.1, -0.05) is 48.9 Å². The number of furan rings is 1. The van der Waals surface area contributed by atoms with Crippen molar-refractivity contribution in [2.75, 3.05) is 4.90 Å². The van der Waals surface area contributed by atoms with Gasteiger partial charge in [0.2, 0.25) is 0 Å². The quantitative estimate of drug-likeness (QED) is 0.468. The number of carbonyl (C=O) groups is 1. The average molecular weight is 406 g/mol. The van der Waals surface area contributed by atoms with E-state index in [1.165, 1.54) is 5.56 Å². The van der Waals surface area contributed by atoms with Crippen LogP contribution in [0.5, 0.6) is 0 Å². The SMILES string of the molecule is CC1(c2ccc(Cl)cc2)CC(C)(C)N(C(=O)/C=C/c2ccco2)c2ccccc21. The second-order valence-electron chi connectivity index (χ2n) is 8.37. The van der Waals surface area contributed by atoms with Crippen molar-refractivity contribution in [3.63, 3.8) is 0 Å². The fourth-order valence-corrected chi connectivity index (χ4v) is 4.73. The number of fused-ring (bicyclic) bond motifs is 1. The summed E-state index contributed by atoms with van der Waals surface area (Å²) in [5, 5.41) is 0.723. The standard InChI is InChI=1S/C25H24ClNO2/c1-24(2)17-25(3,18-10-12-19(26)13-11-18)21-8-4-5-9-22(21)27(24)23(28)15-14-20-7-6-16-29-20/h4-16H,17H2,1-3H3/b15-14+. The maximum atomic E-state index is 13.2. The molecule has 0 N–H and O–H groups in total. The number of amides is 1. The fraction of sp³-hybridized carbons (Fsp3) is 0.240. The van der Waals surface area contributed by atoms with Gasteiger partial charge in [-0.15, -0.1) is 0 Å². The second kappa shape index (κ2) is 7.23. The highest BCUT2D eigenvalue weighted by molar-refractivity contribution is 6.30. The Morgan fingerprint density at radius 2 is 1.76 bits per heavy atom. The van der Waals surface area contributed by atoms with Gasteiger partial charge in [-0.25, -0.2) is 0 Å². The van der Waals surface area contributed by atoms with Gasteiger partial charge in [0.05, 0.1) is 6.26 Å². The number of hydrogen-bond acceptors (Lipinski definition) is 2. The maximum Gasteiger partial charge on any atom is 0.251 e. The Kier molecular flexibility index (Phi) is 4.87. The Morgan fingerprint density at radius 1 is 1.03 bits per heavy atom. The molecule has 29 heavy (non-hydrogen) atoms. The third-order valence-corrected chi connectivity index (χ3v) is 6.02.